The van der Waals surface area contributed by atoms with Crippen molar-refractivity contribution < 1.29 is 14.3 Å². The van der Waals surface area contributed by atoms with Gasteiger partial charge in [0.25, 0.3) is 5.91 Å². The largest absolute Gasteiger partial charge is 0.396 e. The van der Waals surface area contributed by atoms with E-state index in [-0.39, 0.29) is 18.2 Å². The maximum atomic E-state index is 13.6. The highest BCUT2D eigenvalue weighted by Gasteiger charge is 2.32. The van der Waals surface area contributed by atoms with Gasteiger partial charge in [-0.05, 0) is 49.8 Å². The van der Waals surface area contributed by atoms with Crippen LogP contribution in [-0.2, 0) is 0 Å². The molecule has 1 unspecified atom stereocenters. The van der Waals surface area contributed by atoms with Crippen molar-refractivity contribution in [3.63, 3.8) is 0 Å². The van der Waals surface area contributed by atoms with Crippen LogP contribution in [0.2, 0.25) is 0 Å². The van der Waals surface area contributed by atoms with Gasteiger partial charge < -0.3 is 10.4 Å². The summed E-state index contributed by atoms with van der Waals surface area (Å²) in [5.74, 6) is -0.446. The number of aryl methyl sites for hydroxylation is 1. The van der Waals surface area contributed by atoms with E-state index in [1.165, 1.54) is 12.1 Å². The highest BCUT2D eigenvalue weighted by Crippen LogP contribution is 2.34. The first-order valence-electron chi connectivity index (χ1n) is 6.29. The van der Waals surface area contributed by atoms with E-state index in [9.17, 15) is 9.18 Å². The third-order valence-electron chi connectivity index (χ3n) is 3.32. The highest BCUT2D eigenvalue weighted by molar-refractivity contribution is 5.94. The Labute approximate surface area is 106 Å². The topological polar surface area (TPSA) is 49.3 Å². The van der Waals surface area contributed by atoms with Gasteiger partial charge >= 0.3 is 0 Å². The Bertz CT molecular complexity index is 443. The van der Waals surface area contributed by atoms with E-state index in [2.05, 4.69) is 5.32 Å². The molecule has 1 atom stereocenters. The Kier molecular flexibility index (Phi) is 3.97. The molecule has 1 aliphatic carbocycles. The van der Waals surface area contributed by atoms with Gasteiger partial charge in [-0.2, -0.15) is 0 Å². The van der Waals surface area contributed by atoms with Crippen LogP contribution in [0, 0.1) is 18.7 Å². The Morgan fingerprint density at radius 2 is 2.28 bits per heavy atom. The van der Waals surface area contributed by atoms with Crippen LogP contribution in [0.1, 0.15) is 35.2 Å². The van der Waals surface area contributed by atoms with Gasteiger partial charge in [-0.1, -0.05) is 6.07 Å². The fraction of sp³-hybridized carbons (Fsp3) is 0.500. The maximum Gasteiger partial charge on any atom is 0.254 e. The van der Waals surface area contributed by atoms with Crippen molar-refractivity contribution in [1.82, 2.24) is 5.32 Å². The summed E-state index contributed by atoms with van der Waals surface area (Å²) in [4.78, 5) is 12.0. The number of halogens is 1. The quantitative estimate of drug-likeness (QED) is 0.841. The van der Waals surface area contributed by atoms with Crippen LogP contribution < -0.4 is 5.32 Å². The van der Waals surface area contributed by atoms with Crippen LogP contribution in [0.15, 0.2) is 18.2 Å². The second kappa shape index (κ2) is 5.48. The van der Waals surface area contributed by atoms with Gasteiger partial charge in [-0.3, -0.25) is 4.79 Å². The third-order valence-corrected chi connectivity index (χ3v) is 3.32. The number of rotatable bonds is 5. The van der Waals surface area contributed by atoms with Crippen molar-refractivity contribution >= 4 is 5.91 Å². The molecule has 0 saturated heterocycles. The van der Waals surface area contributed by atoms with E-state index in [1.54, 1.807) is 13.0 Å². The molecule has 0 spiro atoms. The molecule has 0 aliphatic heterocycles. The minimum atomic E-state index is -0.494. The number of amides is 1. The number of aliphatic hydroxyl groups is 1. The van der Waals surface area contributed by atoms with Crippen molar-refractivity contribution in [2.75, 3.05) is 6.61 Å². The van der Waals surface area contributed by atoms with Gasteiger partial charge in [0.15, 0.2) is 0 Å². The molecule has 1 aromatic carbocycles. The number of carbonyl (C=O) groups is 1. The first-order valence-corrected chi connectivity index (χ1v) is 6.29. The molecule has 0 radical (unpaired) electrons. The Hall–Kier alpha value is -1.42. The molecular formula is C14H18FNO2. The monoisotopic (exact) mass is 251 g/mol. The normalized spacial score (nSPS) is 16.4. The van der Waals surface area contributed by atoms with E-state index < -0.39 is 11.7 Å². The lowest BCUT2D eigenvalue weighted by molar-refractivity contribution is 0.0920. The Balaban J connectivity index is 2.05. The van der Waals surface area contributed by atoms with Gasteiger partial charge in [-0.15, -0.1) is 0 Å². The van der Waals surface area contributed by atoms with Crippen LogP contribution in [0.25, 0.3) is 0 Å². The molecule has 18 heavy (non-hydrogen) atoms. The zero-order valence-corrected chi connectivity index (χ0v) is 10.4. The Morgan fingerprint density at radius 1 is 1.56 bits per heavy atom. The molecule has 3 nitrogen and oxygen atoms in total. The minimum Gasteiger partial charge on any atom is -0.396 e. The maximum absolute atomic E-state index is 13.6. The highest BCUT2D eigenvalue weighted by atomic mass is 19.1. The van der Waals surface area contributed by atoms with Crippen LogP contribution in [0.3, 0.4) is 0 Å². The average Bonchev–Trinajstić information content (AvgIpc) is 3.11. The predicted molar refractivity (Wildman–Crippen MR) is 66.8 cm³/mol. The zero-order valence-electron chi connectivity index (χ0n) is 10.4. The van der Waals surface area contributed by atoms with Crippen molar-refractivity contribution in [1.29, 1.82) is 0 Å². The van der Waals surface area contributed by atoms with Crippen LogP contribution >= 0.6 is 0 Å². The molecule has 0 bridgehead atoms. The summed E-state index contributed by atoms with van der Waals surface area (Å²) in [7, 11) is 0. The summed E-state index contributed by atoms with van der Waals surface area (Å²) in [6, 6.07) is 4.54. The molecule has 1 saturated carbocycles. The molecule has 1 aliphatic rings. The van der Waals surface area contributed by atoms with Gasteiger partial charge in [0.1, 0.15) is 5.82 Å². The predicted octanol–water partition coefficient (Wildman–Crippen LogP) is 2.02. The summed E-state index contributed by atoms with van der Waals surface area (Å²) in [5.41, 5.74) is 0.863. The number of aliphatic hydroxyl groups excluding tert-OH is 1. The molecule has 1 fully saturated rings. The molecule has 0 heterocycles. The standard InChI is InChI=1S/C14H18FNO2/c1-9-2-5-11(12(15)8-9)14(18)16-13(6-7-17)10-3-4-10/h2,5,8,10,13,17H,3-4,6-7H2,1H3,(H,16,18). The lowest BCUT2D eigenvalue weighted by Crippen LogP contribution is -2.37. The van der Waals surface area contributed by atoms with Crippen molar-refractivity contribution in [2.45, 2.75) is 32.2 Å². The fourth-order valence-electron chi connectivity index (χ4n) is 2.11. The van der Waals surface area contributed by atoms with E-state index in [1.807, 2.05) is 0 Å². The van der Waals surface area contributed by atoms with E-state index in [4.69, 9.17) is 5.11 Å². The lowest BCUT2D eigenvalue weighted by Gasteiger charge is -2.17. The SMILES string of the molecule is Cc1ccc(C(=O)NC(CCO)C2CC2)c(F)c1. The molecule has 98 valence electrons. The number of hydrogen-bond acceptors (Lipinski definition) is 2. The summed E-state index contributed by atoms with van der Waals surface area (Å²) < 4.78 is 13.6. The molecular weight excluding hydrogens is 233 g/mol. The molecule has 1 aromatic rings. The fourth-order valence-corrected chi connectivity index (χ4v) is 2.11. The van der Waals surface area contributed by atoms with Crippen molar-refractivity contribution in [2.24, 2.45) is 5.92 Å². The molecule has 0 aromatic heterocycles. The van der Waals surface area contributed by atoms with Crippen LogP contribution in [0.5, 0.6) is 0 Å². The Morgan fingerprint density at radius 3 is 2.83 bits per heavy atom. The molecule has 1 amide bonds. The number of carbonyl (C=O) groups excluding carboxylic acids is 1. The summed E-state index contributed by atoms with van der Waals surface area (Å²) in [5, 5.41) is 11.8. The van der Waals surface area contributed by atoms with E-state index in [0.29, 0.717) is 12.3 Å². The van der Waals surface area contributed by atoms with Crippen LogP contribution in [0.4, 0.5) is 4.39 Å². The molecule has 2 rings (SSSR count). The van der Waals surface area contributed by atoms with Gasteiger partial charge in [0.2, 0.25) is 0 Å². The van der Waals surface area contributed by atoms with Gasteiger partial charge in [0.05, 0.1) is 5.56 Å². The second-order valence-corrected chi connectivity index (χ2v) is 4.91. The van der Waals surface area contributed by atoms with Gasteiger partial charge in [0, 0.05) is 12.6 Å². The first kappa shape index (κ1) is 13.0. The third kappa shape index (κ3) is 3.07. The van der Waals surface area contributed by atoms with Crippen molar-refractivity contribution in [3.05, 3.63) is 35.1 Å². The average molecular weight is 251 g/mol. The molecule has 4 heteroatoms. The summed E-state index contributed by atoms with van der Waals surface area (Å²) in [6.07, 6.45) is 2.67. The van der Waals surface area contributed by atoms with Gasteiger partial charge in [-0.25, -0.2) is 4.39 Å². The number of benzene rings is 1. The lowest BCUT2D eigenvalue weighted by atomic mass is 10.1. The minimum absolute atomic E-state index is 0.0387. The van der Waals surface area contributed by atoms with E-state index >= 15 is 0 Å². The molecule has 2 N–H and O–H groups in total. The summed E-state index contributed by atoms with van der Waals surface area (Å²) in [6.45, 7) is 1.82. The zero-order chi connectivity index (χ0) is 13.1. The summed E-state index contributed by atoms with van der Waals surface area (Å²) >= 11 is 0. The second-order valence-electron chi connectivity index (χ2n) is 4.91. The number of hydrogen-bond donors (Lipinski definition) is 2. The first-order chi connectivity index (χ1) is 8.61. The number of nitrogens with one attached hydrogen (secondary N) is 1. The smallest absolute Gasteiger partial charge is 0.254 e. The van der Waals surface area contributed by atoms with Crippen molar-refractivity contribution in [3.8, 4) is 0 Å². The van der Waals surface area contributed by atoms with E-state index in [0.717, 1.165) is 18.4 Å². The van der Waals surface area contributed by atoms with Crippen LogP contribution in [-0.4, -0.2) is 23.7 Å².